The second-order valence-electron chi connectivity index (χ2n) is 7.49. The standard InChI is InChI=1S/C20H34N4/c1-4-9-22-10-12-24(13-11-22)20-16-21-15-17-14-18(7-8-19(17)20)23(5-2)6-3/h7-8,14,20-21H,4-6,9-13,15-16H2,1-3H3/p+3/t20-/m1/s1. The van der Waals surface area contributed by atoms with Gasteiger partial charge in [0.1, 0.15) is 39.3 Å². The van der Waals surface area contributed by atoms with Crippen LogP contribution in [0.4, 0.5) is 5.69 Å². The third-order valence-corrected chi connectivity index (χ3v) is 6.09. The van der Waals surface area contributed by atoms with Crippen LogP contribution >= 0.6 is 0 Å². The molecule has 1 fully saturated rings. The van der Waals surface area contributed by atoms with Crippen LogP contribution in [0.2, 0.25) is 0 Å². The van der Waals surface area contributed by atoms with E-state index in [1.54, 1.807) is 11.1 Å². The Bertz CT molecular complexity index is 518. The molecule has 24 heavy (non-hydrogen) atoms. The molecule has 2 aliphatic rings. The fourth-order valence-corrected chi connectivity index (χ4v) is 4.69. The van der Waals surface area contributed by atoms with Gasteiger partial charge in [-0.3, -0.25) is 0 Å². The molecule has 0 spiro atoms. The highest BCUT2D eigenvalue weighted by Gasteiger charge is 2.35. The third kappa shape index (κ3) is 3.76. The first-order valence-corrected chi connectivity index (χ1v) is 10.1. The highest BCUT2D eigenvalue weighted by molar-refractivity contribution is 5.51. The number of hydrogen-bond acceptors (Lipinski definition) is 1. The normalized spacial score (nSPS) is 26.9. The number of nitrogens with two attached hydrogens (primary N) is 1. The van der Waals surface area contributed by atoms with Crippen molar-refractivity contribution in [1.82, 2.24) is 0 Å². The van der Waals surface area contributed by atoms with Crippen molar-refractivity contribution in [2.75, 3.05) is 57.3 Å². The molecule has 2 heterocycles. The van der Waals surface area contributed by atoms with E-state index in [4.69, 9.17) is 0 Å². The molecule has 0 aromatic heterocycles. The van der Waals surface area contributed by atoms with Crippen LogP contribution < -0.4 is 20.0 Å². The largest absolute Gasteiger partial charge is 0.372 e. The van der Waals surface area contributed by atoms with Crippen LogP contribution in [0.5, 0.6) is 0 Å². The maximum atomic E-state index is 2.53. The smallest absolute Gasteiger partial charge is 0.163 e. The van der Waals surface area contributed by atoms with Crippen molar-refractivity contribution >= 4 is 5.69 Å². The number of piperazine rings is 1. The predicted octanol–water partition coefficient (Wildman–Crippen LogP) is -1.16. The zero-order valence-electron chi connectivity index (χ0n) is 15.9. The molecule has 4 N–H and O–H groups in total. The van der Waals surface area contributed by atoms with Gasteiger partial charge < -0.3 is 20.0 Å². The summed E-state index contributed by atoms with van der Waals surface area (Å²) in [5.74, 6) is 0. The van der Waals surface area contributed by atoms with E-state index >= 15 is 0 Å². The molecular formula is C20H37N4+3. The molecule has 1 aromatic carbocycles. The van der Waals surface area contributed by atoms with E-state index in [9.17, 15) is 0 Å². The van der Waals surface area contributed by atoms with E-state index in [0.717, 1.165) is 19.6 Å². The molecular weight excluding hydrogens is 296 g/mol. The minimum Gasteiger partial charge on any atom is -0.372 e. The first-order chi connectivity index (χ1) is 11.8. The first kappa shape index (κ1) is 17.7. The number of nitrogens with zero attached hydrogens (tertiary/aromatic N) is 1. The summed E-state index contributed by atoms with van der Waals surface area (Å²) in [5, 5.41) is 2.53. The lowest BCUT2D eigenvalue weighted by Gasteiger charge is -2.36. The monoisotopic (exact) mass is 333 g/mol. The molecule has 134 valence electrons. The van der Waals surface area contributed by atoms with Gasteiger partial charge in [0.15, 0.2) is 6.04 Å². The van der Waals surface area contributed by atoms with Gasteiger partial charge in [-0.25, -0.2) is 0 Å². The van der Waals surface area contributed by atoms with Crippen LogP contribution in [-0.2, 0) is 6.54 Å². The van der Waals surface area contributed by atoms with Crippen LogP contribution in [0.1, 0.15) is 44.4 Å². The van der Waals surface area contributed by atoms with Crippen LogP contribution in [0, 0.1) is 0 Å². The molecule has 1 saturated heterocycles. The lowest BCUT2D eigenvalue weighted by molar-refractivity contribution is -1.03. The molecule has 4 heteroatoms. The molecule has 0 bridgehead atoms. The molecule has 1 aromatic rings. The highest BCUT2D eigenvalue weighted by atomic mass is 15.3. The summed E-state index contributed by atoms with van der Waals surface area (Å²) in [6.07, 6.45) is 1.32. The van der Waals surface area contributed by atoms with Crippen LogP contribution in [0.25, 0.3) is 0 Å². The van der Waals surface area contributed by atoms with Gasteiger partial charge in [0.2, 0.25) is 0 Å². The van der Waals surface area contributed by atoms with Crippen molar-refractivity contribution in [2.24, 2.45) is 0 Å². The molecule has 3 rings (SSSR count). The molecule has 4 nitrogen and oxygen atoms in total. The maximum Gasteiger partial charge on any atom is 0.163 e. The van der Waals surface area contributed by atoms with Crippen molar-refractivity contribution in [3.8, 4) is 0 Å². The minimum atomic E-state index is 0.697. The van der Waals surface area contributed by atoms with Crippen molar-refractivity contribution in [3.05, 3.63) is 29.3 Å². The van der Waals surface area contributed by atoms with Gasteiger partial charge in [-0.1, -0.05) is 13.0 Å². The second-order valence-corrected chi connectivity index (χ2v) is 7.49. The number of benzene rings is 1. The van der Waals surface area contributed by atoms with Crippen molar-refractivity contribution < 1.29 is 15.1 Å². The quantitative estimate of drug-likeness (QED) is 0.603. The summed E-state index contributed by atoms with van der Waals surface area (Å²) >= 11 is 0. The van der Waals surface area contributed by atoms with Crippen LogP contribution in [-0.4, -0.2) is 52.4 Å². The Morgan fingerprint density at radius 1 is 1.08 bits per heavy atom. The number of anilines is 1. The number of fused-ring (bicyclic) bond motifs is 1. The first-order valence-electron chi connectivity index (χ1n) is 10.1. The Morgan fingerprint density at radius 2 is 1.83 bits per heavy atom. The van der Waals surface area contributed by atoms with E-state index in [2.05, 4.69) is 49.2 Å². The van der Waals surface area contributed by atoms with Gasteiger partial charge in [-0.05, 0) is 32.4 Å². The molecule has 1 atom stereocenters. The van der Waals surface area contributed by atoms with Gasteiger partial charge in [0.05, 0.1) is 6.54 Å². The summed E-state index contributed by atoms with van der Waals surface area (Å²) in [4.78, 5) is 6.10. The predicted molar refractivity (Wildman–Crippen MR) is 99.8 cm³/mol. The highest BCUT2D eigenvalue weighted by Crippen LogP contribution is 2.24. The summed E-state index contributed by atoms with van der Waals surface area (Å²) < 4.78 is 0. The van der Waals surface area contributed by atoms with E-state index in [-0.39, 0.29) is 0 Å². The zero-order chi connectivity index (χ0) is 16.9. The Balaban J connectivity index is 1.73. The molecule has 0 aliphatic carbocycles. The fourth-order valence-electron chi connectivity index (χ4n) is 4.69. The van der Waals surface area contributed by atoms with Gasteiger partial charge in [-0.15, -0.1) is 0 Å². The van der Waals surface area contributed by atoms with E-state index < -0.39 is 0 Å². The van der Waals surface area contributed by atoms with Crippen LogP contribution in [0.3, 0.4) is 0 Å². The molecule has 0 amide bonds. The zero-order valence-corrected chi connectivity index (χ0v) is 15.9. The Morgan fingerprint density at radius 3 is 2.50 bits per heavy atom. The summed E-state index contributed by atoms with van der Waals surface area (Å²) in [6, 6.07) is 7.96. The average molecular weight is 334 g/mol. The molecule has 0 unspecified atom stereocenters. The molecule has 0 saturated carbocycles. The average Bonchev–Trinajstić information content (AvgIpc) is 2.63. The summed E-state index contributed by atoms with van der Waals surface area (Å²) in [6.45, 7) is 18.2. The lowest BCUT2D eigenvalue weighted by atomic mass is 9.94. The SMILES string of the molecule is CCC[NH+]1CC[NH+]([C@@H]2C[NH2+]Cc3cc(N(CC)CC)ccc32)CC1. The fraction of sp³-hybridized carbons (Fsp3) is 0.700. The number of quaternary nitrogens is 3. The van der Waals surface area contributed by atoms with Crippen molar-refractivity contribution in [2.45, 2.75) is 39.8 Å². The number of nitrogens with one attached hydrogen (secondary N) is 2. The van der Waals surface area contributed by atoms with E-state index in [1.165, 1.54) is 51.4 Å². The molecule has 0 radical (unpaired) electrons. The van der Waals surface area contributed by atoms with Crippen molar-refractivity contribution in [1.29, 1.82) is 0 Å². The van der Waals surface area contributed by atoms with Gasteiger partial charge in [0.25, 0.3) is 0 Å². The Hall–Kier alpha value is -1.10. The van der Waals surface area contributed by atoms with E-state index in [1.807, 2.05) is 9.80 Å². The Labute approximate surface area is 147 Å². The summed E-state index contributed by atoms with van der Waals surface area (Å²) in [5.41, 5.74) is 4.61. The number of hydrogen-bond donors (Lipinski definition) is 3. The number of rotatable bonds is 6. The minimum absolute atomic E-state index is 0.697. The second kappa shape index (κ2) is 8.32. The van der Waals surface area contributed by atoms with Crippen molar-refractivity contribution in [3.63, 3.8) is 0 Å². The van der Waals surface area contributed by atoms with Gasteiger partial charge in [0, 0.05) is 29.9 Å². The maximum absolute atomic E-state index is 2.53. The van der Waals surface area contributed by atoms with Gasteiger partial charge >= 0.3 is 0 Å². The van der Waals surface area contributed by atoms with Crippen LogP contribution in [0.15, 0.2) is 18.2 Å². The summed E-state index contributed by atoms with van der Waals surface area (Å²) in [7, 11) is 0. The Kier molecular flexibility index (Phi) is 6.14. The van der Waals surface area contributed by atoms with E-state index in [0.29, 0.717) is 6.04 Å². The molecule has 2 aliphatic heterocycles. The topological polar surface area (TPSA) is 28.7 Å². The lowest BCUT2D eigenvalue weighted by Crippen LogP contribution is -3.29. The third-order valence-electron chi connectivity index (χ3n) is 6.09. The van der Waals surface area contributed by atoms with Gasteiger partial charge in [-0.2, -0.15) is 0 Å².